The molecule has 1 atom stereocenters. The lowest BCUT2D eigenvalue weighted by Gasteiger charge is -2.45. The van der Waals surface area contributed by atoms with Gasteiger partial charge >= 0.3 is 0 Å². The molecule has 2 amide bonds. The monoisotopic (exact) mass is 482 g/mol. The molecule has 190 valence electrons. The smallest absolute Gasteiger partial charge is 0.271 e. The van der Waals surface area contributed by atoms with Crippen LogP contribution in [-0.2, 0) is 16.1 Å². The lowest BCUT2D eigenvalue weighted by Crippen LogP contribution is -2.65. The minimum Gasteiger partial charge on any atom is -0.497 e. The van der Waals surface area contributed by atoms with Crippen LogP contribution >= 0.6 is 0 Å². The Kier molecular flexibility index (Phi) is 7.02. The van der Waals surface area contributed by atoms with Crippen LogP contribution in [0.5, 0.6) is 5.75 Å². The Hall–Kier alpha value is -2.58. The lowest BCUT2D eigenvalue weighted by atomic mass is 9.91. The van der Waals surface area contributed by atoms with Crippen molar-refractivity contribution in [2.75, 3.05) is 46.5 Å². The fourth-order valence-electron chi connectivity index (χ4n) is 5.87. The van der Waals surface area contributed by atoms with Gasteiger partial charge in [0.2, 0.25) is 5.91 Å². The van der Waals surface area contributed by atoms with Crippen LogP contribution in [0.4, 0.5) is 0 Å². The van der Waals surface area contributed by atoms with Crippen molar-refractivity contribution < 1.29 is 19.1 Å². The molecule has 2 aliphatic heterocycles. The maximum atomic E-state index is 13.9. The van der Waals surface area contributed by atoms with Gasteiger partial charge in [-0.2, -0.15) is 0 Å². The largest absolute Gasteiger partial charge is 0.497 e. The molecule has 0 bridgehead atoms. The van der Waals surface area contributed by atoms with Crippen LogP contribution in [0.3, 0.4) is 0 Å². The number of nitrogens with one attached hydrogen (secondary N) is 1. The highest BCUT2D eigenvalue weighted by atomic mass is 16.5. The highest BCUT2D eigenvalue weighted by Gasteiger charge is 2.48. The number of benzene rings is 1. The summed E-state index contributed by atoms with van der Waals surface area (Å²) in [6, 6.07) is 7.99. The third kappa shape index (κ3) is 4.78. The van der Waals surface area contributed by atoms with E-state index in [1.807, 2.05) is 40.7 Å². The highest BCUT2D eigenvalue weighted by molar-refractivity contribution is 6.03. The molecule has 1 saturated carbocycles. The Bertz CT molecular complexity index is 1070. The molecule has 1 N–H and O–H groups in total. The summed E-state index contributed by atoms with van der Waals surface area (Å²) in [6.07, 6.45) is 6.39. The van der Waals surface area contributed by atoms with Crippen molar-refractivity contribution >= 4 is 22.7 Å². The summed E-state index contributed by atoms with van der Waals surface area (Å²) in [5, 5.41) is 4.30. The minimum atomic E-state index is -0.957. The first kappa shape index (κ1) is 24.1. The van der Waals surface area contributed by atoms with Gasteiger partial charge in [-0.25, -0.2) is 0 Å². The zero-order valence-electron chi connectivity index (χ0n) is 21.1. The van der Waals surface area contributed by atoms with Crippen LogP contribution in [0.2, 0.25) is 0 Å². The normalized spacial score (nSPS) is 23.9. The van der Waals surface area contributed by atoms with Crippen molar-refractivity contribution in [1.29, 1.82) is 0 Å². The number of rotatable bonds is 7. The number of hydrogen-bond donors (Lipinski definition) is 1. The first-order valence-electron chi connectivity index (χ1n) is 13.1. The third-order valence-corrected chi connectivity index (χ3v) is 8.03. The fourth-order valence-corrected chi connectivity index (χ4v) is 5.87. The molecule has 1 aliphatic carbocycles. The van der Waals surface area contributed by atoms with E-state index < -0.39 is 5.54 Å². The second-order valence-electron chi connectivity index (χ2n) is 10.4. The summed E-state index contributed by atoms with van der Waals surface area (Å²) in [5.41, 5.74) is 0.613. The molecule has 2 fully saturated rings. The number of carbonyl (C=O) groups excluding carboxylic acids is 2. The molecule has 3 heterocycles. The Morgan fingerprint density at radius 3 is 2.66 bits per heavy atom. The van der Waals surface area contributed by atoms with Crippen molar-refractivity contribution in [2.24, 2.45) is 0 Å². The molecular weight excluding hydrogens is 444 g/mol. The molecule has 8 heteroatoms. The van der Waals surface area contributed by atoms with Gasteiger partial charge in [0.1, 0.15) is 17.0 Å². The molecule has 1 aromatic carbocycles. The fraction of sp³-hybridized carbons (Fsp3) is 0.630. The maximum Gasteiger partial charge on any atom is 0.271 e. The predicted molar refractivity (Wildman–Crippen MR) is 135 cm³/mol. The third-order valence-electron chi connectivity index (χ3n) is 8.03. The molecular formula is C27H38N4O4. The lowest BCUT2D eigenvalue weighted by molar-refractivity contribution is -0.133. The van der Waals surface area contributed by atoms with E-state index in [0.717, 1.165) is 81.6 Å². The summed E-state index contributed by atoms with van der Waals surface area (Å²) < 4.78 is 12.9. The summed E-state index contributed by atoms with van der Waals surface area (Å²) in [4.78, 5) is 31.9. The minimum absolute atomic E-state index is 0.0421. The molecule has 1 saturated heterocycles. The van der Waals surface area contributed by atoms with Gasteiger partial charge in [-0.1, -0.05) is 19.3 Å². The van der Waals surface area contributed by atoms with E-state index in [0.29, 0.717) is 18.8 Å². The van der Waals surface area contributed by atoms with Crippen LogP contribution in [0.25, 0.3) is 10.9 Å². The Balaban J connectivity index is 1.43. The van der Waals surface area contributed by atoms with Gasteiger partial charge in [0.05, 0.1) is 32.4 Å². The van der Waals surface area contributed by atoms with Crippen LogP contribution in [0, 0.1) is 0 Å². The Morgan fingerprint density at radius 2 is 1.91 bits per heavy atom. The zero-order chi connectivity index (χ0) is 24.4. The number of carbonyl (C=O) groups is 2. The number of aromatic nitrogens is 1. The highest BCUT2D eigenvalue weighted by Crippen LogP contribution is 2.34. The van der Waals surface area contributed by atoms with Crippen molar-refractivity contribution in [1.82, 2.24) is 19.7 Å². The standard InChI is InChI=1S/C27H38N4O4/c1-27(26(33)28-21-7-4-3-5-8-21)19-30-23-18-22(34-2)10-9-20(23)17-24(30)25(32)31(27)12-6-11-29-13-15-35-16-14-29/h9-10,17-18,21H,3-8,11-16,19H2,1-2H3,(H,28,33)/t27-/m1/s1. The van der Waals surface area contributed by atoms with Gasteiger partial charge in [-0.15, -0.1) is 0 Å². The molecule has 1 aromatic heterocycles. The Labute approximate surface area is 207 Å². The van der Waals surface area contributed by atoms with Crippen LogP contribution in [-0.4, -0.2) is 84.3 Å². The molecule has 0 spiro atoms. The zero-order valence-corrected chi connectivity index (χ0v) is 21.1. The Morgan fingerprint density at radius 1 is 1.14 bits per heavy atom. The average Bonchev–Trinajstić information content (AvgIpc) is 3.24. The van der Waals surface area contributed by atoms with Crippen LogP contribution in [0.15, 0.2) is 24.3 Å². The number of hydrogen-bond acceptors (Lipinski definition) is 5. The van der Waals surface area contributed by atoms with Crippen molar-refractivity contribution in [3.05, 3.63) is 30.0 Å². The van der Waals surface area contributed by atoms with Crippen molar-refractivity contribution in [2.45, 2.75) is 63.6 Å². The first-order valence-corrected chi connectivity index (χ1v) is 13.1. The second kappa shape index (κ2) is 10.2. The molecule has 0 unspecified atom stereocenters. The van der Waals surface area contributed by atoms with E-state index in [-0.39, 0.29) is 17.9 Å². The average molecular weight is 483 g/mol. The van der Waals surface area contributed by atoms with E-state index in [1.165, 1.54) is 6.42 Å². The quantitative estimate of drug-likeness (QED) is 0.657. The number of methoxy groups -OCH3 is 1. The van der Waals surface area contributed by atoms with E-state index in [4.69, 9.17) is 9.47 Å². The van der Waals surface area contributed by atoms with Gasteiger partial charge in [0.15, 0.2) is 0 Å². The van der Waals surface area contributed by atoms with Crippen molar-refractivity contribution in [3.8, 4) is 5.75 Å². The molecule has 5 rings (SSSR count). The SMILES string of the molecule is COc1ccc2cc3n(c2c1)C[C@](C)(C(=O)NC1CCCCC1)N(CCCN1CCOCC1)C3=O. The van der Waals surface area contributed by atoms with Crippen molar-refractivity contribution in [3.63, 3.8) is 0 Å². The van der Waals surface area contributed by atoms with Gasteiger partial charge < -0.3 is 24.3 Å². The molecule has 0 radical (unpaired) electrons. The van der Waals surface area contributed by atoms with Crippen LogP contribution in [0.1, 0.15) is 55.9 Å². The summed E-state index contributed by atoms with van der Waals surface area (Å²) in [6.45, 7) is 7.17. The van der Waals surface area contributed by atoms with E-state index in [2.05, 4.69) is 10.2 Å². The molecule has 3 aliphatic rings. The number of fused-ring (bicyclic) bond motifs is 3. The van der Waals surface area contributed by atoms with E-state index >= 15 is 0 Å². The number of nitrogens with zero attached hydrogens (tertiary/aromatic N) is 3. The molecule has 2 aromatic rings. The van der Waals surface area contributed by atoms with E-state index in [9.17, 15) is 9.59 Å². The number of morpholine rings is 1. The number of amides is 2. The van der Waals surface area contributed by atoms with Gasteiger partial charge in [-0.05, 0) is 44.4 Å². The topological polar surface area (TPSA) is 76.0 Å². The molecule has 35 heavy (non-hydrogen) atoms. The van der Waals surface area contributed by atoms with Gasteiger partial charge in [0, 0.05) is 43.7 Å². The first-order chi connectivity index (χ1) is 17.0. The van der Waals surface area contributed by atoms with E-state index in [1.54, 1.807) is 7.11 Å². The van der Waals surface area contributed by atoms with Gasteiger partial charge in [0.25, 0.3) is 5.91 Å². The summed E-state index contributed by atoms with van der Waals surface area (Å²) in [7, 11) is 1.64. The molecule has 8 nitrogen and oxygen atoms in total. The van der Waals surface area contributed by atoms with Gasteiger partial charge in [-0.3, -0.25) is 14.5 Å². The van der Waals surface area contributed by atoms with Crippen LogP contribution < -0.4 is 10.1 Å². The summed E-state index contributed by atoms with van der Waals surface area (Å²) in [5.74, 6) is 0.626. The maximum absolute atomic E-state index is 13.9. The summed E-state index contributed by atoms with van der Waals surface area (Å²) >= 11 is 0. The number of ether oxygens (including phenoxy) is 2. The predicted octanol–water partition coefficient (Wildman–Crippen LogP) is 3.04. The second-order valence-corrected chi connectivity index (χ2v) is 10.4.